The Morgan fingerprint density at radius 1 is 1.05 bits per heavy atom. The van der Waals surface area contributed by atoms with Crippen LogP contribution in [0, 0.1) is 19.7 Å². The number of anilines is 2. The first kappa shape index (κ1) is 13.9. The van der Waals surface area contributed by atoms with Gasteiger partial charge in [0.25, 0.3) is 0 Å². The van der Waals surface area contributed by atoms with Crippen molar-refractivity contribution in [3.63, 3.8) is 0 Å². The van der Waals surface area contributed by atoms with Gasteiger partial charge < -0.3 is 4.90 Å². The molecule has 0 amide bonds. The molecule has 0 aliphatic heterocycles. The predicted octanol–water partition coefficient (Wildman–Crippen LogP) is 4.95. The van der Waals surface area contributed by atoms with Gasteiger partial charge in [-0.1, -0.05) is 6.07 Å². The molecule has 19 heavy (non-hydrogen) atoms. The van der Waals surface area contributed by atoms with Crippen molar-refractivity contribution in [3.05, 3.63) is 58.9 Å². The molecule has 0 atom stereocenters. The zero-order valence-corrected chi connectivity index (χ0v) is 12.1. The number of hydrogen-bond donors (Lipinski definition) is 0. The van der Waals surface area contributed by atoms with Crippen LogP contribution in [0.2, 0.25) is 0 Å². The molecule has 2 aromatic rings. The highest BCUT2D eigenvalue weighted by atomic mass is 35.5. The van der Waals surface area contributed by atoms with Crippen LogP contribution in [0.4, 0.5) is 15.8 Å². The van der Waals surface area contributed by atoms with Gasteiger partial charge in [0.2, 0.25) is 0 Å². The second-order valence-corrected chi connectivity index (χ2v) is 5.08. The van der Waals surface area contributed by atoms with Gasteiger partial charge in [0.15, 0.2) is 0 Å². The fourth-order valence-corrected chi connectivity index (χ4v) is 2.49. The summed E-state index contributed by atoms with van der Waals surface area (Å²) in [6.07, 6.45) is 0. The number of alkyl halides is 1. The summed E-state index contributed by atoms with van der Waals surface area (Å²) in [7, 11) is 1.97. The van der Waals surface area contributed by atoms with Gasteiger partial charge >= 0.3 is 0 Å². The summed E-state index contributed by atoms with van der Waals surface area (Å²) in [4.78, 5) is 2.04. The number of aryl methyl sites for hydroxylation is 2. The lowest BCUT2D eigenvalue weighted by Crippen LogP contribution is -2.12. The van der Waals surface area contributed by atoms with Crippen LogP contribution in [0.5, 0.6) is 0 Å². The Kier molecular flexibility index (Phi) is 4.11. The normalized spacial score (nSPS) is 10.6. The van der Waals surface area contributed by atoms with E-state index in [-0.39, 0.29) is 5.82 Å². The Hall–Kier alpha value is -1.54. The Morgan fingerprint density at radius 3 is 2.26 bits per heavy atom. The zero-order valence-electron chi connectivity index (χ0n) is 11.4. The topological polar surface area (TPSA) is 3.24 Å². The number of halogens is 2. The third-order valence-corrected chi connectivity index (χ3v) is 3.43. The van der Waals surface area contributed by atoms with Gasteiger partial charge in [0, 0.05) is 24.3 Å². The van der Waals surface area contributed by atoms with E-state index in [1.165, 1.54) is 23.3 Å². The van der Waals surface area contributed by atoms with E-state index in [1.807, 2.05) is 11.9 Å². The van der Waals surface area contributed by atoms with Crippen molar-refractivity contribution in [1.82, 2.24) is 0 Å². The van der Waals surface area contributed by atoms with E-state index >= 15 is 0 Å². The molecule has 0 aliphatic carbocycles. The predicted molar refractivity (Wildman–Crippen MR) is 79.9 cm³/mol. The molecular weight excluding hydrogens is 261 g/mol. The molecular formula is C16H17ClFN. The molecule has 0 saturated heterocycles. The van der Waals surface area contributed by atoms with Gasteiger partial charge in [-0.25, -0.2) is 4.39 Å². The largest absolute Gasteiger partial charge is 0.344 e. The first-order chi connectivity index (χ1) is 9.01. The number of benzene rings is 2. The minimum Gasteiger partial charge on any atom is -0.344 e. The van der Waals surface area contributed by atoms with Crippen molar-refractivity contribution >= 4 is 23.0 Å². The SMILES string of the molecule is Cc1cc(C)cc(N(C)c2ccc(F)cc2CCl)c1. The van der Waals surface area contributed by atoms with Crippen molar-refractivity contribution in [2.45, 2.75) is 19.7 Å². The van der Waals surface area contributed by atoms with E-state index in [0.717, 1.165) is 16.9 Å². The molecule has 0 aromatic heterocycles. The molecule has 0 heterocycles. The van der Waals surface area contributed by atoms with Gasteiger partial charge in [-0.05, 0) is 60.9 Å². The molecule has 0 N–H and O–H groups in total. The number of rotatable bonds is 3. The fraction of sp³-hybridized carbons (Fsp3) is 0.250. The van der Waals surface area contributed by atoms with Crippen molar-refractivity contribution in [2.24, 2.45) is 0 Å². The highest BCUT2D eigenvalue weighted by molar-refractivity contribution is 6.17. The maximum absolute atomic E-state index is 13.3. The van der Waals surface area contributed by atoms with E-state index in [2.05, 4.69) is 32.0 Å². The average molecular weight is 278 g/mol. The summed E-state index contributed by atoms with van der Waals surface area (Å²) in [6.45, 7) is 4.13. The molecule has 0 bridgehead atoms. The van der Waals surface area contributed by atoms with Crippen LogP contribution >= 0.6 is 11.6 Å². The van der Waals surface area contributed by atoms with Crippen molar-refractivity contribution in [3.8, 4) is 0 Å². The molecule has 0 saturated carbocycles. The van der Waals surface area contributed by atoms with Crippen LogP contribution < -0.4 is 4.90 Å². The lowest BCUT2D eigenvalue weighted by Gasteiger charge is -2.23. The van der Waals surface area contributed by atoms with Crippen LogP contribution in [0.3, 0.4) is 0 Å². The van der Waals surface area contributed by atoms with Gasteiger partial charge in [0.05, 0.1) is 0 Å². The molecule has 2 aromatic carbocycles. The third-order valence-electron chi connectivity index (χ3n) is 3.14. The second-order valence-electron chi connectivity index (χ2n) is 4.81. The lowest BCUT2D eigenvalue weighted by molar-refractivity contribution is 0.626. The standard InChI is InChI=1S/C16H17ClFN/c1-11-6-12(2)8-15(7-11)19(3)16-5-4-14(18)9-13(16)10-17/h4-9H,10H2,1-3H3. The highest BCUT2D eigenvalue weighted by Crippen LogP contribution is 2.29. The van der Waals surface area contributed by atoms with E-state index in [4.69, 9.17) is 11.6 Å². The summed E-state index contributed by atoms with van der Waals surface area (Å²) in [5.74, 6) is 0.0376. The minimum atomic E-state index is -0.256. The molecule has 2 rings (SSSR count). The molecule has 1 nitrogen and oxygen atoms in total. The van der Waals surface area contributed by atoms with E-state index in [0.29, 0.717) is 5.88 Å². The Morgan fingerprint density at radius 2 is 1.68 bits per heavy atom. The van der Waals surface area contributed by atoms with Crippen molar-refractivity contribution in [2.75, 3.05) is 11.9 Å². The number of nitrogens with zero attached hydrogens (tertiary/aromatic N) is 1. The third kappa shape index (κ3) is 3.07. The zero-order chi connectivity index (χ0) is 14.0. The quantitative estimate of drug-likeness (QED) is 0.718. The molecule has 100 valence electrons. The van der Waals surface area contributed by atoms with E-state index < -0.39 is 0 Å². The Balaban J connectivity index is 2.46. The molecule has 0 fully saturated rings. The van der Waals surface area contributed by atoms with E-state index in [1.54, 1.807) is 6.07 Å². The number of hydrogen-bond acceptors (Lipinski definition) is 1. The first-order valence-corrected chi connectivity index (χ1v) is 6.71. The van der Waals surface area contributed by atoms with Crippen LogP contribution in [0.25, 0.3) is 0 Å². The summed E-state index contributed by atoms with van der Waals surface area (Å²) in [6, 6.07) is 11.1. The van der Waals surface area contributed by atoms with Gasteiger partial charge in [-0.15, -0.1) is 11.6 Å². The summed E-state index contributed by atoms with van der Waals surface area (Å²) in [5.41, 5.74) is 5.22. The summed E-state index contributed by atoms with van der Waals surface area (Å²) >= 11 is 5.90. The van der Waals surface area contributed by atoms with Crippen molar-refractivity contribution < 1.29 is 4.39 Å². The van der Waals surface area contributed by atoms with E-state index in [9.17, 15) is 4.39 Å². The highest BCUT2D eigenvalue weighted by Gasteiger charge is 2.10. The van der Waals surface area contributed by atoms with Crippen LogP contribution in [-0.4, -0.2) is 7.05 Å². The van der Waals surface area contributed by atoms with Gasteiger partial charge in [0.1, 0.15) is 5.82 Å². The Labute approximate surface area is 118 Å². The summed E-state index contributed by atoms with van der Waals surface area (Å²) < 4.78 is 13.3. The molecule has 0 spiro atoms. The van der Waals surface area contributed by atoms with Gasteiger partial charge in [-0.3, -0.25) is 0 Å². The monoisotopic (exact) mass is 277 g/mol. The molecule has 0 unspecified atom stereocenters. The van der Waals surface area contributed by atoms with Crippen LogP contribution in [0.1, 0.15) is 16.7 Å². The van der Waals surface area contributed by atoms with Crippen molar-refractivity contribution in [1.29, 1.82) is 0 Å². The smallest absolute Gasteiger partial charge is 0.123 e. The first-order valence-electron chi connectivity index (χ1n) is 6.17. The molecule has 0 aliphatic rings. The van der Waals surface area contributed by atoms with Crippen LogP contribution in [0.15, 0.2) is 36.4 Å². The minimum absolute atomic E-state index is 0.256. The Bertz CT molecular complexity index is 575. The summed E-state index contributed by atoms with van der Waals surface area (Å²) in [5, 5.41) is 0. The average Bonchev–Trinajstić information content (AvgIpc) is 2.36. The van der Waals surface area contributed by atoms with Crippen LogP contribution in [-0.2, 0) is 5.88 Å². The molecule has 3 heteroatoms. The van der Waals surface area contributed by atoms with Gasteiger partial charge in [-0.2, -0.15) is 0 Å². The second kappa shape index (κ2) is 5.62. The maximum Gasteiger partial charge on any atom is 0.123 e. The maximum atomic E-state index is 13.3. The fourth-order valence-electron chi connectivity index (χ4n) is 2.27. The lowest BCUT2D eigenvalue weighted by atomic mass is 10.1. The molecule has 0 radical (unpaired) electrons.